The Morgan fingerprint density at radius 3 is 1.46 bits per heavy atom. The summed E-state index contributed by atoms with van der Waals surface area (Å²) in [7, 11) is 0. The normalized spacial score (nSPS) is 8.46. The molecular formula is C8H15ClO4. The third-order valence-corrected chi connectivity index (χ3v) is 1.14. The van der Waals surface area contributed by atoms with Crippen LogP contribution in [0.4, 0.5) is 0 Å². The van der Waals surface area contributed by atoms with E-state index in [9.17, 15) is 9.59 Å². The van der Waals surface area contributed by atoms with Gasteiger partial charge in [-0.2, -0.15) is 0 Å². The van der Waals surface area contributed by atoms with E-state index in [4.69, 9.17) is 0 Å². The summed E-state index contributed by atoms with van der Waals surface area (Å²) >= 11 is 0. The van der Waals surface area contributed by atoms with Crippen LogP contribution >= 0.6 is 12.4 Å². The molecule has 0 N–H and O–H groups in total. The summed E-state index contributed by atoms with van der Waals surface area (Å²) in [6.07, 6.45) is 0.208. The van der Waals surface area contributed by atoms with Crippen LogP contribution in [-0.4, -0.2) is 25.2 Å². The van der Waals surface area contributed by atoms with Crippen molar-refractivity contribution in [1.29, 1.82) is 0 Å². The molecule has 0 radical (unpaired) electrons. The second-order valence-electron chi connectivity index (χ2n) is 2.11. The molecule has 0 unspecified atom stereocenters. The molecule has 4 nitrogen and oxygen atoms in total. The van der Waals surface area contributed by atoms with Crippen LogP contribution in [-0.2, 0) is 19.1 Å². The monoisotopic (exact) mass is 210 g/mol. The van der Waals surface area contributed by atoms with Gasteiger partial charge in [0, 0.05) is 0 Å². The molecule has 5 heteroatoms. The van der Waals surface area contributed by atoms with Crippen LogP contribution in [0.25, 0.3) is 0 Å². The zero-order valence-corrected chi connectivity index (χ0v) is 8.69. The fourth-order valence-electron chi connectivity index (χ4n) is 0.670. The molecule has 78 valence electrons. The number of halogens is 1. The fourth-order valence-corrected chi connectivity index (χ4v) is 0.670. The van der Waals surface area contributed by atoms with E-state index in [0.717, 1.165) is 0 Å². The highest BCUT2D eigenvalue weighted by molar-refractivity contribution is 5.85. The minimum Gasteiger partial charge on any atom is -0.466 e. The molecule has 0 aromatic heterocycles. The van der Waals surface area contributed by atoms with Gasteiger partial charge in [0.2, 0.25) is 0 Å². The van der Waals surface area contributed by atoms with Crippen molar-refractivity contribution < 1.29 is 19.1 Å². The average Bonchev–Trinajstić information content (AvgIpc) is 2.02. The van der Waals surface area contributed by atoms with E-state index in [1.54, 1.807) is 13.8 Å². The molecule has 0 amide bonds. The highest BCUT2D eigenvalue weighted by atomic mass is 35.5. The van der Waals surface area contributed by atoms with Crippen LogP contribution in [0, 0.1) is 0 Å². The highest BCUT2D eigenvalue weighted by Crippen LogP contribution is 1.95. The number of ether oxygens (including phenoxy) is 2. The Labute approximate surface area is 84.0 Å². The smallest absolute Gasteiger partial charge is 0.306 e. The van der Waals surface area contributed by atoms with Gasteiger partial charge < -0.3 is 9.47 Å². The summed E-state index contributed by atoms with van der Waals surface area (Å²) in [6.45, 7) is 4.15. The number of rotatable bonds is 5. The quantitative estimate of drug-likeness (QED) is 0.643. The summed E-state index contributed by atoms with van der Waals surface area (Å²) in [5, 5.41) is 0. The lowest BCUT2D eigenvalue weighted by atomic mass is 10.3. The van der Waals surface area contributed by atoms with Crippen molar-refractivity contribution in [1.82, 2.24) is 0 Å². The number of carbonyl (C=O) groups is 2. The van der Waals surface area contributed by atoms with E-state index in [-0.39, 0.29) is 37.2 Å². The molecule has 0 fully saturated rings. The lowest BCUT2D eigenvalue weighted by molar-refractivity contribution is -0.149. The number of hydrogen-bond donors (Lipinski definition) is 0. The molecule has 0 rings (SSSR count). The SMILES string of the molecule is CCOC(=O)CCC(=O)OCC.Cl. The zero-order valence-electron chi connectivity index (χ0n) is 7.87. The van der Waals surface area contributed by atoms with Crippen molar-refractivity contribution in [3.05, 3.63) is 0 Å². The summed E-state index contributed by atoms with van der Waals surface area (Å²) in [4.78, 5) is 21.4. The lowest BCUT2D eigenvalue weighted by Crippen LogP contribution is -2.09. The predicted octanol–water partition coefficient (Wildman–Crippen LogP) is 1.31. The Hall–Kier alpha value is -0.770. The van der Waals surface area contributed by atoms with Gasteiger partial charge in [-0.05, 0) is 13.8 Å². The van der Waals surface area contributed by atoms with Gasteiger partial charge in [0.1, 0.15) is 0 Å². The van der Waals surface area contributed by atoms with Crippen molar-refractivity contribution >= 4 is 24.3 Å². The second kappa shape index (κ2) is 9.32. The van der Waals surface area contributed by atoms with E-state index in [0.29, 0.717) is 13.2 Å². The molecule has 0 aliphatic heterocycles. The highest BCUT2D eigenvalue weighted by Gasteiger charge is 2.06. The third-order valence-electron chi connectivity index (χ3n) is 1.14. The number of carbonyl (C=O) groups excluding carboxylic acids is 2. The minimum absolute atomic E-state index is 0. The maximum Gasteiger partial charge on any atom is 0.306 e. The van der Waals surface area contributed by atoms with E-state index in [1.165, 1.54) is 0 Å². The number of hydrogen-bond acceptors (Lipinski definition) is 4. The Morgan fingerprint density at radius 1 is 0.923 bits per heavy atom. The van der Waals surface area contributed by atoms with Gasteiger partial charge >= 0.3 is 11.9 Å². The van der Waals surface area contributed by atoms with Crippen molar-refractivity contribution in [2.75, 3.05) is 13.2 Å². The van der Waals surface area contributed by atoms with Gasteiger partial charge in [0.15, 0.2) is 0 Å². The van der Waals surface area contributed by atoms with E-state index in [2.05, 4.69) is 9.47 Å². The molecule has 0 saturated heterocycles. The Bertz CT molecular complexity index is 140. The van der Waals surface area contributed by atoms with Gasteiger partial charge in [0.25, 0.3) is 0 Å². The molecule has 0 atom stereocenters. The lowest BCUT2D eigenvalue weighted by Gasteiger charge is -2.01. The predicted molar refractivity (Wildman–Crippen MR) is 49.7 cm³/mol. The topological polar surface area (TPSA) is 52.6 Å². The third kappa shape index (κ3) is 9.14. The first-order valence-corrected chi connectivity index (χ1v) is 4.02. The molecule has 0 aromatic carbocycles. The van der Waals surface area contributed by atoms with Crippen molar-refractivity contribution in [2.45, 2.75) is 26.7 Å². The Morgan fingerprint density at radius 2 is 1.23 bits per heavy atom. The van der Waals surface area contributed by atoms with Crippen LogP contribution < -0.4 is 0 Å². The summed E-state index contributed by atoms with van der Waals surface area (Å²) in [5.41, 5.74) is 0. The molecule has 0 aromatic rings. The summed E-state index contributed by atoms with van der Waals surface area (Å²) in [6, 6.07) is 0. The summed E-state index contributed by atoms with van der Waals surface area (Å²) in [5.74, 6) is -0.712. The minimum atomic E-state index is -0.356. The maximum atomic E-state index is 10.7. The van der Waals surface area contributed by atoms with Crippen LogP contribution in [0.1, 0.15) is 26.7 Å². The van der Waals surface area contributed by atoms with Crippen LogP contribution in [0.2, 0.25) is 0 Å². The van der Waals surface area contributed by atoms with E-state index < -0.39 is 0 Å². The molecule has 13 heavy (non-hydrogen) atoms. The zero-order chi connectivity index (χ0) is 9.40. The molecule has 0 bridgehead atoms. The van der Waals surface area contributed by atoms with Crippen LogP contribution in [0.5, 0.6) is 0 Å². The molecule has 0 heterocycles. The Balaban J connectivity index is 0. The van der Waals surface area contributed by atoms with Gasteiger partial charge in [-0.3, -0.25) is 9.59 Å². The standard InChI is InChI=1S/C8H14O4.ClH/c1-3-11-7(9)5-6-8(10)12-4-2;/h3-6H2,1-2H3;1H. The van der Waals surface area contributed by atoms with Gasteiger partial charge in [-0.25, -0.2) is 0 Å². The van der Waals surface area contributed by atoms with Crippen molar-refractivity contribution in [3.63, 3.8) is 0 Å². The summed E-state index contributed by atoms with van der Waals surface area (Å²) < 4.78 is 9.25. The van der Waals surface area contributed by atoms with Gasteiger partial charge in [-0.1, -0.05) is 0 Å². The molecule has 0 aliphatic rings. The van der Waals surface area contributed by atoms with Crippen molar-refractivity contribution in [3.8, 4) is 0 Å². The first-order chi connectivity index (χ1) is 5.70. The Kier molecular flexibility index (Phi) is 10.6. The second-order valence-corrected chi connectivity index (χ2v) is 2.11. The number of esters is 2. The van der Waals surface area contributed by atoms with Crippen LogP contribution in [0.3, 0.4) is 0 Å². The van der Waals surface area contributed by atoms with E-state index >= 15 is 0 Å². The fraction of sp³-hybridized carbons (Fsp3) is 0.750. The molecule has 0 spiro atoms. The first-order valence-electron chi connectivity index (χ1n) is 4.02. The first kappa shape index (κ1) is 14.7. The largest absolute Gasteiger partial charge is 0.466 e. The van der Waals surface area contributed by atoms with Gasteiger partial charge in [-0.15, -0.1) is 12.4 Å². The van der Waals surface area contributed by atoms with Crippen molar-refractivity contribution in [2.24, 2.45) is 0 Å². The average molecular weight is 211 g/mol. The molecule has 0 saturated carbocycles. The van der Waals surface area contributed by atoms with Crippen LogP contribution in [0.15, 0.2) is 0 Å². The van der Waals surface area contributed by atoms with E-state index in [1.807, 2.05) is 0 Å². The molecular weight excluding hydrogens is 196 g/mol. The van der Waals surface area contributed by atoms with Gasteiger partial charge in [0.05, 0.1) is 26.1 Å². The molecule has 0 aliphatic carbocycles. The maximum absolute atomic E-state index is 10.7.